The van der Waals surface area contributed by atoms with Crippen LogP contribution >= 0.6 is 16.5 Å². The van der Waals surface area contributed by atoms with E-state index in [-0.39, 0.29) is 16.5 Å². The van der Waals surface area contributed by atoms with Crippen molar-refractivity contribution in [3.8, 4) is 0 Å². The largest absolute Gasteiger partial charge is 0.242 e. The topological polar surface area (TPSA) is 0 Å². The summed E-state index contributed by atoms with van der Waals surface area (Å²) in [6.45, 7) is 3.91. The summed E-state index contributed by atoms with van der Waals surface area (Å²) in [5, 5.41) is 0. The van der Waals surface area contributed by atoms with Crippen LogP contribution in [0.1, 0.15) is 39.5 Å². The Morgan fingerprint density at radius 1 is 0.917 bits per heavy atom. The summed E-state index contributed by atoms with van der Waals surface area (Å²) < 4.78 is 25.7. The Kier molecular flexibility index (Phi) is 8.82. The Balaban J connectivity index is 3.27. The number of hydrogen-bond acceptors (Lipinski definition) is 0. The summed E-state index contributed by atoms with van der Waals surface area (Å²) in [4.78, 5) is 0. The first-order valence-corrected chi connectivity index (χ1v) is 7.65. The van der Waals surface area contributed by atoms with E-state index in [4.69, 9.17) is 0 Å². The van der Waals surface area contributed by atoms with Gasteiger partial charge in [0, 0.05) is 0 Å². The lowest BCUT2D eigenvalue weighted by atomic mass is 10.4. The van der Waals surface area contributed by atoms with E-state index in [2.05, 4.69) is 0 Å². The van der Waals surface area contributed by atoms with Gasteiger partial charge in [0.2, 0.25) is 0 Å². The first kappa shape index (κ1) is 12.7. The number of alkyl halides is 2. The number of rotatable bonds is 7. The van der Waals surface area contributed by atoms with Crippen LogP contribution in [-0.4, -0.2) is 11.8 Å². The number of halogens is 2. The summed E-state index contributed by atoms with van der Waals surface area (Å²) in [5.74, 6) is -1.49. The fourth-order valence-electron chi connectivity index (χ4n) is 0.832. The van der Waals surface area contributed by atoms with Crippen LogP contribution in [0.3, 0.4) is 0 Å². The van der Waals surface area contributed by atoms with Crippen molar-refractivity contribution in [2.24, 2.45) is 0 Å². The van der Waals surface area contributed by atoms with E-state index >= 15 is 0 Å². The quantitative estimate of drug-likeness (QED) is 0.549. The highest BCUT2D eigenvalue weighted by Crippen LogP contribution is 2.48. The monoisotopic (exact) mass is 214 g/mol. The van der Waals surface area contributed by atoms with E-state index in [0.29, 0.717) is 12.8 Å². The highest BCUT2D eigenvalue weighted by molar-refractivity contribution is 8.12. The van der Waals surface area contributed by atoms with Crippen LogP contribution in [0.5, 0.6) is 0 Å². The molecule has 12 heavy (non-hydrogen) atoms. The second kappa shape index (κ2) is 8.32. The lowest BCUT2D eigenvalue weighted by molar-refractivity contribution is 0.418. The van der Waals surface area contributed by atoms with Gasteiger partial charge in [-0.2, -0.15) is 0 Å². The van der Waals surface area contributed by atoms with Gasteiger partial charge >= 0.3 is 0 Å². The molecule has 0 radical (unpaired) electrons. The molecule has 4 heteroatoms. The standard InChI is InChI=1S/C8H18F2P2/c1-3-5-7(9)11-12-8(10)6-4-2/h7-8,11-12H,3-6H2,1-2H3. The minimum Gasteiger partial charge on any atom is -0.242 e. The van der Waals surface area contributed by atoms with Crippen LogP contribution in [0.15, 0.2) is 0 Å². The first-order chi connectivity index (χ1) is 5.70. The van der Waals surface area contributed by atoms with Crippen LogP contribution in [0, 0.1) is 0 Å². The van der Waals surface area contributed by atoms with Gasteiger partial charge in [-0.1, -0.05) is 43.2 Å². The average molecular weight is 214 g/mol. The molecular formula is C8H18F2P2. The Hall–Kier alpha value is 0.720. The van der Waals surface area contributed by atoms with E-state index in [1.54, 1.807) is 0 Å². The summed E-state index contributed by atoms with van der Waals surface area (Å²) in [7, 11) is 0.378. The molecule has 0 N–H and O–H groups in total. The molecule has 0 heterocycles. The van der Waals surface area contributed by atoms with E-state index in [1.807, 2.05) is 13.8 Å². The predicted octanol–water partition coefficient (Wildman–Crippen LogP) is 4.45. The van der Waals surface area contributed by atoms with Crippen LogP contribution in [0.4, 0.5) is 8.78 Å². The van der Waals surface area contributed by atoms with Gasteiger partial charge in [-0.05, 0) is 12.8 Å². The highest BCUT2D eigenvalue weighted by Gasteiger charge is 2.09. The van der Waals surface area contributed by atoms with E-state index < -0.39 is 11.8 Å². The maximum absolute atomic E-state index is 12.9. The third-order valence-corrected chi connectivity index (χ3v) is 5.23. The van der Waals surface area contributed by atoms with Crippen molar-refractivity contribution in [3.05, 3.63) is 0 Å². The predicted molar refractivity (Wildman–Crippen MR) is 56.2 cm³/mol. The molecule has 0 aromatic carbocycles. The lowest BCUT2D eigenvalue weighted by Crippen LogP contribution is -1.91. The van der Waals surface area contributed by atoms with Gasteiger partial charge in [0.05, 0.1) is 0 Å². The molecule has 0 rings (SSSR count). The van der Waals surface area contributed by atoms with E-state index in [0.717, 1.165) is 12.8 Å². The molecule has 0 aliphatic carbocycles. The molecule has 0 bridgehead atoms. The number of hydrogen-bond donors (Lipinski definition) is 0. The molecule has 0 spiro atoms. The molecule has 0 aliphatic heterocycles. The second-order valence-electron chi connectivity index (χ2n) is 2.80. The normalized spacial score (nSPS) is 18.0. The van der Waals surface area contributed by atoms with Gasteiger partial charge in [0.15, 0.2) is 0 Å². The Bertz CT molecular complexity index is 89.1. The smallest absolute Gasteiger partial charge is 0.120 e. The molecule has 0 saturated heterocycles. The fourth-order valence-corrected chi connectivity index (χ4v) is 4.01. The highest BCUT2D eigenvalue weighted by atomic mass is 32.0. The van der Waals surface area contributed by atoms with Crippen LogP contribution in [0.2, 0.25) is 0 Å². The molecule has 4 unspecified atom stereocenters. The van der Waals surface area contributed by atoms with Crippen LogP contribution in [0.25, 0.3) is 0 Å². The third kappa shape index (κ3) is 7.37. The molecule has 0 aromatic rings. The van der Waals surface area contributed by atoms with Gasteiger partial charge in [0.25, 0.3) is 0 Å². The van der Waals surface area contributed by atoms with E-state index in [1.165, 1.54) is 0 Å². The van der Waals surface area contributed by atoms with Crippen molar-refractivity contribution < 1.29 is 8.78 Å². The minimum atomic E-state index is -0.747. The maximum atomic E-state index is 12.9. The zero-order chi connectivity index (χ0) is 9.40. The maximum Gasteiger partial charge on any atom is 0.120 e. The molecular weight excluding hydrogens is 196 g/mol. The summed E-state index contributed by atoms with van der Waals surface area (Å²) >= 11 is 0. The molecule has 4 atom stereocenters. The second-order valence-corrected chi connectivity index (χ2v) is 6.36. The van der Waals surface area contributed by atoms with Crippen molar-refractivity contribution >= 4 is 16.5 Å². The molecule has 74 valence electrons. The molecule has 0 aromatic heterocycles. The average Bonchev–Trinajstić information content (AvgIpc) is 2.02. The molecule has 0 aliphatic rings. The van der Waals surface area contributed by atoms with Gasteiger partial charge in [-0.25, -0.2) is 8.78 Å². The van der Waals surface area contributed by atoms with Crippen molar-refractivity contribution in [2.45, 2.75) is 51.4 Å². The molecule has 0 nitrogen and oxygen atoms in total. The SMILES string of the molecule is CCCC(F)PPC(F)CCC. The third-order valence-electron chi connectivity index (χ3n) is 1.48. The molecule has 0 amide bonds. The van der Waals surface area contributed by atoms with Crippen molar-refractivity contribution in [2.75, 3.05) is 0 Å². The zero-order valence-corrected chi connectivity index (χ0v) is 9.74. The van der Waals surface area contributed by atoms with Gasteiger partial charge in [-0.15, -0.1) is 0 Å². The molecule has 0 saturated carbocycles. The van der Waals surface area contributed by atoms with Gasteiger partial charge < -0.3 is 0 Å². The summed E-state index contributed by atoms with van der Waals surface area (Å²) in [5.41, 5.74) is 0. The van der Waals surface area contributed by atoms with Gasteiger partial charge in [-0.3, -0.25) is 0 Å². The first-order valence-electron chi connectivity index (χ1n) is 4.49. The van der Waals surface area contributed by atoms with Crippen LogP contribution in [-0.2, 0) is 0 Å². The van der Waals surface area contributed by atoms with Gasteiger partial charge in [0.1, 0.15) is 11.8 Å². The Labute approximate surface area is 77.3 Å². The lowest BCUT2D eigenvalue weighted by Gasteiger charge is -2.09. The fraction of sp³-hybridized carbons (Fsp3) is 1.00. The Morgan fingerprint density at radius 3 is 1.50 bits per heavy atom. The van der Waals surface area contributed by atoms with Crippen LogP contribution < -0.4 is 0 Å². The summed E-state index contributed by atoms with van der Waals surface area (Å²) in [6, 6.07) is 0. The van der Waals surface area contributed by atoms with E-state index in [9.17, 15) is 8.78 Å². The molecule has 0 fully saturated rings. The van der Waals surface area contributed by atoms with Crippen molar-refractivity contribution in [3.63, 3.8) is 0 Å². The van der Waals surface area contributed by atoms with Crippen molar-refractivity contribution in [1.29, 1.82) is 0 Å². The van der Waals surface area contributed by atoms with Crippen molar-refractivity contribution in [1.82, 2.24) is 0 Å². The Morgan fingerprint density at radius 2 is 1.25 bits per heavy atom. The summed E-state index contributed by atoms with van der Waals surface area (Å²) in [6.07, 6.45) is 2.93. The zero-order valence-electron chi connectivity index (χ0n) is 7.74. The minimum absolute atomic E-state index is 0.189.